The number of rotatable bonds is 7. The monoisotopic (exact) mass is 306 g/mol. The maximum absolute atomic E-state index is 5.44. The number of aliphatic imine (C=N–C) groups is 1. The minimum absolute atomic E-state index is 0.630. The summed E-state index contributed by atoms with van der Waals surface area (Å²) in [6.45, 7) is 10.1. The fourth-order valence-corrected chi connectivity index (χ4v) is 2.46. The van der Waals surface area contributed by atoms with Crippen molar-refractivity contribution in [1.29, 1.82) is 0 Å². The number of hydrogen-bond acceptors (Lipinski definition) is 3. The van der Waals surface area contributed by atoms with Gasteiger partial charge in [0.2, 0.25) is 0 Å². The van der Waals surface area contributed by atoms with Crippen LogP contribution in [0.15, 0.2) is 11.2 Å². The Bertz CT molecular complexity index is 496. The number of nitrogens with zero attached hydrogens (tertiary/aromatic N) is 2. The van der Waals surface area contributed by atoms with Gasteiger partial charge in [-0.3, -0.25) is 9.98 Å². The van der Waals surface area contributed by atoms with Crippen LogP contribution < -0.4 is 15.4 Å². The van der Waals surface area contributed by atoms with Crippen LogP contribution in [0.3, 0.4) is 0 Å². The summed E-state index contributed by atoms with van der Waals surface area (Å²) < 4.78 is 5.44. The molecule has 0 aliphatic carbocycles. The molecule has 0 bridgehead atoms. The first kappa shape index (κ1) is 18.3. The van der Waals surface area contributed by atoms with Gasteiger partial charge < -0.3 is 15.4 Å². The van der Waals surface area contributed by atoms with Crippen molar-refractivity contribution in [3.05, 3.63) is 23.0 Å². The molecular weight excluding hydrogens is 276 g/mol. The van der Waals surface area contributed by atoms with Crippen LogP contribution in [0.4, 0.5) is 0 Å². The van der Waals surface area contributed by atoms with E-state index < -0.39 is 0 Å². The van der Waals surface area contributed by atoms with E-state index in [0.29, 0.717) is 12.5 Å². The zero-order chi connectivity index (χ0) is 16.5. The van der Waals surface area contributed by atoms with Crippen molar-refractivity contribution in [3.63, 3.8) is 0 Å². The Morgan fingerprint density at radius 1 is 1.27 bits per heavy atom. The van der Waals surface area contributed by atoms with E-state index in [2.05, 4.69) is 34.5 Å². The van der Waals surface area contributed by atoms with Gasteiger partial charge in [-0.15, -0.1) is 0 Å². The predicted octanol–water partition coefficient (Wildman–Crippen LogP) is 2.81. The number of nitrogens with one attached hydrogen (secondary N) is 2. The average Bonchev–Trinajstić information content (AvgIpc) is 2.53. The lowest BCUT2D eigenvalue weighted by Crippen LogP contribution is -2.39. The predicted molar refractivity (Wildman–Crippen MR) is 92.5 cm³/mol. The molecule has 5 nitrogen and oxygen atoms in total. The summed E-state index contributed by atoms with van der Waals surface area (Å²) in [5.41, 5.74) is 3.11. The first-order valence-corrected chi connectivity index (χ1v) is 8.00. The minimum Gasteiger partial charge on any atom is -0.496 e. The number of hydrogen-bond donors (Lipinski definition) is 2. The normalized spacial score (nSPS) is 11.7. The Morgan fingerprint density at radius 2 is 1.95 bits per heavy atom. The molecule has 1 aromatic heterocycles. The quantitative estimate of drug-likeness (QED) is 0.601. The van der Waals surface area contributed by atoms with E-state index in [-0.39, 0.29) is 0 Å². The zero-order valence-corrected chi connectivity index (χ0v) is 14.8. The second-order valence-corrected chi connectivity index (χ2v) is 5.54. The zero-order valence-electron chi connectivity index (χ0n) is 14.8. The summed E-state index contributed by atoms with van der Waals surface area (Å²) in [4.78, 5) is 8.76. The lowest BCUT2D eigenvalue weighted by atomic mass is 10.0. The summed E-state index contributed by atoms with van der Waals surface area (Å²) >= 11 is 0. The molecule has 2 N–H and O–H groups in total. The molecule has 0 spiro atoms. The smallest absolute Gasteiger partial charge is 0.191 e. The molecule has 22 heavy (non-hydrogen) atoms. The highest BCUT2D eigenvalue weighted by atomic mass is 16.5. The third-order valence-electron chi connectivity index (χ3n) is 4.11. The van der Waals surface area contributed by atoms with Crippen LogP contribution in [0.2, 0.25) is 0 Å². The fraction of sp³-hybridized carbons (Fsp3) is 0.647. The maximum atomic E-state index is 5.44. The van der Waals surface area contributed by atoms with E-state index in [1.807, 2.05) is 20.0 Å². The van der Waals surface area contributed by atoms with Crippen molar-refractivity contribution < 1.29 is 4.74 Å². The molecule has 0 saturated carbocycles. The number of ether oxygens (including phenoxy) is 1. The summed E-state index contributed by atoms with van der Waals surface area (Å²) in [6.07, 6.45) is 4.20. The number of pyridine rings is 1. The molecule has 0 aliphatic heterocycles. The van der Waals surface area contributed by atoms with Crippen LogP contribution in [0, 0.1) is 19.8 Å². The van der Waals surface area contributed by atoms with E-state index >= 15 is 0 Å². The van der Waals surface area contributed by atoms with Crippen LogP contribution in [-0.4, -0.2) is 31.6 Å². The average molecular weight is 306 g/mol. The highest BCUT2D eigenvalue weighted by Crippen LogP contribution is 2.23. The van der Waals surface area contributed by atoms with Crippen LogP contribution in [0.1, 0.15) is 43.5 Å². The Kier molecular flexibility index (Phi) is 7.71. The van der Waals surface area contributed by atoms with Gasteiger partial charge in [0.25, 0.3) is 0 Å². The summed E-state index contributed by atoms with van der Waals surface area (Å²) in [7, 11) is 3.49. The van der Waals surface area contributed by atoms with Gasteiger partial charge in [0.1, 0.15) is 5.75 Å². The fourth-order valence-electron chi connectivity index (χ4n) is 2.46. The molecule has 0 radical (unpaired) electrons. The van der Waals surface area contributed by atoms with Crippen molar-refractivity contribution in [3.8, 4) is 5.75 Å². The van der Waals surface area contributed by atoms with Gasteiger partial charge in [-0.2, -0.15) is 0 Å². The molecule has 0 fully saturated rings. The topological polar surface area (TPSA) is 58.5 Å². The molecule has 1 heterocycles. The SMILES string of the molecule is CCC(CC)CNC(=NC)NCc1ncc(C)c(OC)c1C. The van der Waals surface area contributed by atoms with Gasteiger partial charge in [-0.1, -0.05) is 26.7 Å². The van der Waals surface area contributed by atoms with Gasteiger partial charge in [-0.25, -0.2) is 0 Å². The second kappa shape index (κ2) is 9.28. The van der Waals surface area contributed by atoms with E-state index in [4.69, 9.17) is 4.74 Å². The van der Waals surface area contributed by atoms with Crippen LogP contribution in [0.5, 0.6) is 5.75 Å². The van der Waals surface area contributed by atoms with Gasteiger partial charge in [0.05, 0.1) is 19.3 Å². The summed E-state index contributed by atoms with van der Waals surface area (Å²) in [5.74, 6) is 2.40. The van der Waals surface area contributed by atoms with Crippen molar-refractivity contribution in [2.45, 2.75) is 47.1 Å². The Hall–Kier alpha value is -1.78. The van der Waals surface area contributed by atoms with Crippen molar-refractivity contribution in [1.82, 2.24) is 15.6 Å². The van der Waals surface area contributed by atoms with Crippen LogP contribution in [0.25, 0.3) is 0 Å². The lowest BCUT2D eigenvalue weighted by molar-refractivity contribution is 0.406. The molecule has 0 atom stereocenters. The Morgan fingerprint density at radius 3 is 2.50 bits per heavy atom. The molecular formula is C17H30N4O. The van der Waals surface area contributed by atoms with Crippen molar-refractivity contribution in [2.24, 2.45) is 10.9 Å². The molecule has 0 unspecified atom stereocenters. The minimum atomic E-state index is 0.630. The first-order valence-electron chi connectivity index (χ1n) is 8.00. The van der Waals surface area contributed by atoms with Crippen LogP contribution >= 0.6 is 0 Å². The highest BCUT2D eigenvalue weighted by Gasteiger charge is 2.10. The molecule has 1 rings (SSSR count). The number of aryl methyl sites for hydroxylation is 1. The summed E-state index contributed by atoms with van der Waals surface area (Å²) in [5, 5.41) is 6.70. The van der Waals surface area contributed by atoms with Crippen molar-refractivity contribution >= 4 is 5.96 Å². The maximum Gasteiger partial charge on any atom is 0.191 e. The number of guanidine groups is 1. The molecule has 0 amide bonds. The highest BCUT2D eigenvalue weighted by molar-refractivity contribution is 5.79. The van der Waals surface area contributed by atoms with E-state index in [9.17, 15) is 0 Å². The number of methoxy groups -OCH3 is 1. The largest absolute Gasteiger partial charge is 0.496 e. The third kappa shape index (κ3) is 4.90. The molecule has 0 saturated heterocycles. The van der Waals surface area contributed by atoms with Crippen LogP contribution in [-0.2, 0) is 6.54 Å². The number of aromatic nitrogens is 1. The van der Waals surface area contributed by atoms with Gasteiger partial charge in [0, 0.05) is 30.9 Å². The molecule has 1 aromatic rings. The standard InChI is InChI=1S/C17H30N4O/c1-7-14(8-2)10-20-17(18-5)21-11-15-13(4)16(22-6)12(3)9-19-15/h9,14H,7-8,10-11H2,1-6H3,(H2,18,20,21). The van der Waals surface area contributed by atoms with Gasteiger partial charge >= 0.3 is 0 Å². The van der Waals surface area contributed by atoms with E-state index in [1.54, 1.807) is 14.2 Å². The Balaban J connectivity index is 2.64. The lowest BCUT2D eigenvalue weighted by Gasteiger charge is -2.17. The molecule has 0 aromatic carbocycles. The molecule has 124 valence electrons. The van der Waals surface area contributed by atoms with Gasteiger partial charge in [0.15, 0.2) is 5.96 Å². The van der Waals surface area contributed by atoms with Crippen molar-refractivity contribution in [2.75, 3.05) is 20.7 Å². The van der Waals surface area contributed by atoms with E-state index in [1.165, 1.54) is 12.8 Å². The molecule has 5 heteroatoms. The third-order valence-corrected chi connectivity index (χ3v) is 4.11. The van der Waals surface area contributed by atoms with Gasteiger partial charge in [-0.05, 0) is 19.8 Å². The second-order valence-electron chi connectivity index (χ2n) is 5.54. The summed E-state index contributed by atoms with van der Waals surface area (Å²) in [6, 6.07) is 0. The molecule has 0 aliphatic rings. The Labute approximate surface area is 134 Å². The first-order chi connectivity index (χ1) is 10.6. The van der Waals surface area contributed by atoms with E-state index in [0.717, 1.165) is 35.1 Å².